The zero-order valence-corrected chi connectivity index (χ0v) is 10.5. The molecule has 16 heavy (non-hydrogen) atoms. The second kappa shape index (κ2) is 4.17. The van der Waals surface area contributed by atoms with Crippen LogP contribution in [-0.4, -0.2) is 16.5 Å². The number of hydrogen-bond donors (Lipinski definition) is 1. The third kappa shape index (κ3) is 1.99. The smallest absolute Gasteiger partial charge is 0.141 e. The first kappa shape index (κ1) is 13.2. The second-order valence-electron chi connectivity index (χ2n) is 5.52. The van der Waals surface area contributed by atoms with E-state index in [1.54, 1.807) is 6.08 Å². The topological polar surface area (TPSA) is 37.3 Å². The van der Waals surface area contributed by atoms with Crippen molar-refractivity contribution in [2.75, 3.05) is 0 Å². The number of allylic oxidation sites excluding steroid dienone is 1. The quantitative estimate of drug-likeness (QED) is 0.745. The van der Waals surface area contributed by atoms with Crippen LogP contribution in [-0.2, 0) is 4.79 Å². The Bertz CT molecular complexity index is 328. The SMILES string of the molecule is C=CC[C@@]1(O)C[C@H](C(=C)C)CC(=O)C1(C)C. The summed E-state index contributed by atoms with van der Waals surface area (Å²) in [7, 11) is 0. The molecule has 0 aromatic carbocycles. The van der Waals surface area contributed by atoms with Crippen molar-refractivity contribution in [3.8, 4) is 0 Å². The minimum atomic E-state index is -0.978. The van der Waals surface area contributed by atoms with E-state index in [4.69, 9.17) is 0 Å². The van der Waals surface area contributed by atoms with Crippen molar-refractivity contribution in [2.45, 2.75) is 45.6 Å². The molecule has 0 heterocycles. The Morgan fingerprint density at radius 2 is 2.19 bits per heavy atom. The molecule has 1 N–H and O–H groups in total. The summed E-state index contributed by atoms with van der Waals surface area (Å²) < 4.78 is 0. The number of carbonyl (C=O) groups is 1. The summed E-state index contributed by atoms with van der Waals surface area (Å²) in [4.78, 5) is 12.1. The van der Waals surface area contributed by atoms with Crippen LogP contribution in [0.15, 0.2) is 24.8 Å². The van der Waals surface area contributed by atoms with Crippen molar-refractivity contribution in [3.05, 3.63) is 24.8 Å². The van der Waals surface area contributed by atoms with Gasteiger partial charge < -0.3 is 5.11 Å². The zero-order valence-electron chi connectivity index (χ0n) is 10.5. The largest absolute Gasteiger partial charge is 0.389 e. The van der Waals surface area contributed by atoms with E-state index in [-0.39, 0.29) is 11.7 Å². The molecule has 0 radical (unpaired) electrons. The van der Waals surface area contributed by atoms with Crippen molar-refractivity contribution >= 4 is 5.78 Å². The van der Waals surface area contributed by atoms with Gasteiger partial charge in [0, 0.05) is 6.42 Å². The first-order chi connectivity index (χ1) is 7.24. The Morgan fingerprint density at radius 1 is 1.62 bits per heavy atom. The number of Topliss-reactive ketones (excluding diaryl/α,β-unsaturated/α-hetero) is 1. The van der Waals surface area contributed by atoms with Crippen LogP contribution in [0.4, 0.5) is 0 Å². The summed E-state index contributed by atoms with van der Waals surface area (Å²) in [5, 5.41) is 10.7. The summed E-state index contributed by atoms with van der Waals surface area (Å²) in [5.74, 6) is 0.224. The van der Waals surface area contributed by atoms with E-state index in [1.165, 1.54) is 0 Å². The lowest BCUT2D eigenvalue weighted by Crippen LogP contribution is -2.54. The predicted molar refractivity (Wildman–Crippen MR) is 66.1 cm³/mol. The first-order valence-electron chi connectivity index (χ1n) is 5.76. The Labute approximate surface area is 98.1 Å². The molecule has 2 heteroatoms. The monoisotopic (exact) mass is 222 g/mol. The summed E-state index contributed by atoms with van der Waals surface area (Å²) in [6.07, 6.45) is 3.25. The molecular weight excluding hydrogens is 200 g/mol. The van der Waals surface area contributed by atoms with Gasteiger partial charge in [0.05, 0.1) is 11.0 Å². The van der Waals surface area contributed by atoms with Gasteiger partial charge in [0.25, 0.3) is 0 Å². The second-order valence-corrected chi connectivity index (χ2v) is 5.52. The summed E-state index contributed by atoms with van der Waals surface area (Å²) in [6, 6.07) is 0. The van der Waals surface area contributed by atoms with Gasteiger partial charge in [-0.3, -0.25) is 4.79 Å². The number of aliphatic hydroxyl groups is 1. The molecule has 90 valence electrons. The Hall–Kier alpha value is -0.890. The Morgan fingerprint density at radius 3 is 2.62 bits per heavy atom. The minimum Gasteiger partial charge on any atom is -0.389 e. The van der Waals surface area contributed by atoms with E-state index in [2.05, 4.69) is 13.2 Å². The van der Waals surface area contributed by atoms with Crippen LogP contribution in [0.1, 0.15) is 40.0 Å². The molecule has 1 fully saturated rings. The minimum absolute atomic E-state index is 0.102. The lowest BCUT2D eigenvalue weighted by Gasteiger charge is -2.47. The third-order valence-electron chi connectivity index (χ3n) is 4.06. The van der Waals surface area contributed by atoms with Crippen molar-refractivity contribution < 1.29 is 9.90 Å². The molecule has 0 aromatic heterocycles. The van der Waals surface area contributed by atoms with Gasteiger partial charge in [0.15, 0.2) is 0 Å². The molecule has 1 aliphatic carbocycles. The van der Waals surface area contributed by atoms with Crippen LogP contribution in [0.2, 0.25) is 0 Å². The molecule has 2 nitrogen and oxygen atoms in total. The van der Waals surface area contributed by atoms with Gasteiger partial charge >= 0.3 is 0 Å². The van der Waals surface area contributed by atoms with E-state index in [0.29, 0.717) is 19.3 Å². The molecule has 0 aliphatic heterocycles. The average molecular weight is 222 g/mol. The van der Waals surface area contributed by atoms with Gasteiger partial charge in [-0.1, -0.05) is 32.1 Å². The van der Waals surface area contributed by atoms with E-state index < -0.39 is 11.0 Å². The first-order valence-corrected chi connectivity index (χ1v) is 5.76. The molecule has 2 atom stereocenters. The van der Waals surface area contributed by atoms with Crippen LogP contribution in [0.3, 0.4) is 0 Å². The molecule has 0 saturated heterocycles. The molecular formula is C14H22O2. The molecule has 1 saturated carbocycles. The number of ketones is 1. The van der Waals surface area contributed by atoms with E-state index >= 15 is 0 Å². The van der Waals surface area contributed by atoms with Crippen LogP contribution >= 0.6 is 0 Å². The van der Waals surface area contributed by atoms with Crippen LogP contribution in [0.5, 0.6) is 0 Å². The van der Waals surface area contributed by atoms with E-state index in [9.17, 15) is 9.90 Å². The van der Waals surface area contributed by atoms with Crippen molar-refractivity contribution in [1.82, 2.24) is 0 Å². The fourth-order valence-corrected chi connectivity index (χ4v) is 2.40. The molecule has 1 rings (SSSR count). The van der Waals surface area contributed by atoms with Crippen LogP contribution < -0.4 is 0 Å². The maximum atomic E-state index is 12.1. The van der Waals surface area contributed by atoms with E-state index in [1.807, 2.05) is 20.8 Å². The number of hydrogen-bond acceptors (Lipinski definition) is 2. The van der Waals surface area contributed by atoms with Crippen molar-refractivity contribution in [1.29, 1.82) is 0 Å². The van der Waals surface area contributed by atoms with Gasteiger partial charge in [0.2, 0.25) is 0 Å². The normalized spacial score (nSPS) is 33.5. The lowest BCUT2D eigenvalue weighted by atomic mass is 9.59. The highest BCUT2D eigenvalue weighted by Crippen LogP contribution is 2.47. The van der Waals surface area contributed by atoms with Gasteiger partial charge in [-0.2, -0.15) is 0 Å². The average Bonchev–Trinajstić information content (AvgIpc) is 2.14. The summed E-state index contributed by atoms with van der Waals surface area (Å²) in [6.45, 7) is 13.1. The maximum Gasteiger partial charge on any atom is 0.141 e. The Balaban J connectivity index is 3.06. The fourth-order valence-electron chi connectivity index (χ4n) is 2.40. The Kier molecular flexibility index (Phi) is 3.44. The third-order valence-corrected chi connectivity index (χ3v) is 4.06. The molecule has 1 aliphatic rings. The van der Waals surface area contributed by atoms with Crippen LogP contribution in [0.25, 0.3) is 0 Å². The number of rotatable bonds is 3. The van der Waals surface area contributed by atoms with Crippen LogP contribution in [0, 0.1) is 11.3 Å². The van der Waals surface area contributed by atoms with Crippen molar-refractivity contribution in [3.63, 3.8) is 0 Å². The number of carbonyl (C=O) groups excluding carboxylic acids is 1. The molecule has 0 amide bonds. The molecule has 0 spiro atoms. The summed E-state index contributed by atoms with van der Waals surface area (Å²) in [5.41, 5.74) is -0.688. The maximum absolute atomic E-state index is 12.1. The van der Waals surface area contributed by atoms with Gasteiger partial charge in [0.1, 0.15) is 5.78 Å². The standard InChI is InChI=1S/C14H22O2/c1-6-7-14(16)9-11(10(2)3)8-12(15)13(14,4)5/h6,11,16H,1-2,7-9H2,3-5H3/t11-,14-/m1/s1. The van der Waals surface area contributed by atoms with E-state index in [0.717, 1.165) is 5.57 Å². The van der Waals surface area contributed by atoms with Crippen molar-refractivity contribution in [2.24, 2.45) is 11.3 Å². The molecule has 0 aromatic rings. The summed E-state index contributed by atoms with van der Waals surface area (Å²) >= 11 is 0. The highest BCUT2D eigenvalue weighted by Gasteiger charge is 2.52. The highest BCUT2D eigenvalue weighted by molar-refractivity contribution is 5.87. The van der Waals surface area contributed by atoms with Gasteiger partial charge in [-0.05, 0) is 25.7 Å². The molecule has 0 unspecified atom stereocenters. The molecule has 0 bridgehead atoms. The van der Waals surface area contributed by atoms with Gasteiger partial charge in [-0.25, -0.2) is 0 Å². The van der Waals surface area contributed by atoms with Gasteiger partial charge in [-0.15, -0.1) is 6.58 Å². The lowest BCUT2D eigenvalue weighted by molar-refractivity contribution is -0.155. The zero-order chi connectivity index (χ0) is 12.6. The fraction of sp³-hybridized carbons (Fsp3) is 0.643. The highest BCUT2D eigenvalue weighted by atomic mass is 16.3. The predicted octanol–water partition coefficient (Wildman–Crippen LogP) is 2.88.